The Morgan fingerprint density at radius 1 is 1.18 bits per heavy atom. The second kappa shape index (κ2) is 7.98. The average Bonchev–Trinajstić information content (AvgIpc) is 3.18. The van der Waals surface area contributed by atoms with E-state index in [9.17, 15) is 9.59 Å². The van der Waals surface area contributed by atoms with Crippen molar-refractivity contribution in [3.05, 3.63) is 54.1 Å². The fraction of sp³-hybridized carbons (Fsp3) is 0.286. The van der Waals surface area contributed by atoms with E-state index >= 15 is 0 Å². The Labute approximate surface area is 167 Å². The number of esters is 1. The highest BCUT2D eigenvalue weighted by molar-refractivity contribution is 7.22. The zero-order chi connectivity index (χ0) is 19.5. The van der Waals surface area contributed by atoms with Crippen LogP contribution < -0.4 is 10.2 Å². The molecule has 2 heterocycles. The van der Waals surface area contributed by atoms with Crippen molar-refractivity contribution < 1.29 is 14.3 Å². The minimum absolute atomic E-state index is 0.0813. The molecule has 6 nitrogen and oxygen atoms in total. The van der Waals surface area contributed by atoms with Gasteiger partial charge in [-0.25, -0.2) is 9.78 Å². The summed E-state index contributed by atoms with van der Waals surface area (Å²) in [6.07, 6.45) is 1.74. The number of hydrogen-bond acceptors (Lipinski definition) is 6. The Kier molecular flexibility index (Phi) is 5.25. The van der Waals surface area contributed by atoms with Crippen LogP contribution in [-0.2, 0) is 9.53 Å². The number of thiazole rings is 1. The summed E-state index contributed by atoms with van der Waals surface area (Å²) in [5, 5.41) is 3.86. The van der Waals surface area contributed by atoms with Gasteiger partial charge < -0.3 is 15.0 Å². The zero-order valence-corrected chi connectivity index (χ0v) is 16.4. The Morgan fingerprint density at radius 2 is 1.96 bits per heavy atom. The van der Waals surface area contributed by atoms with Crippen LogP contribution in [0, 0.1) is 5.92 Å². The summed E-state index contributed by atoms with van der Waals surface area (Å²) in [7, 11) is 1.33. The number of benzene rings is 2. The average molecular weight is 395 g/mol. The van der Waals surface area contributed by atoms with Crippen LogP contribution in [0.2, 0.25) is 0 Å². The Hall–Kier alpha value is -2.93. The number of para-hydroxylation sites is 2. The van der Waals surface area contributed by atoms with Gasteiger partial charge in [-0.2, -0.15) is 0 Å². The van der Waals surface area contributed by atoms with Gasteiger partial charge in [0.05, 0.1) is 34.5 Å². The first-order valence-corrected chi connectivity index (χ1v) is 10.1. The van der Waals surface area contributed by atoms with Gasteiger partial charge in [0.25, 0.3) is 0 Å². The summed E-state index contributed by atoms with van der Waals surface area (Å²) in [5.74, 6) is -0.704. The predicted molar refractivity (Wildman–Crippen MR) is 111 cm³/mol. The summed E-state index contributed by atoms with van der Waals surface area (Å²) < 4.78 is 5.95. The van der Waals surface area contributed by atoms with E-state index in [4.69, 9.17) is 9.72 Å². The maximum atomic E-state index is 12.9. The lowest BCUT2D eigenvalue weighted by molar-refractivity contribution is -0.120. The molecule has 2 aromatic carbocycles. The topological polar surface area (TPSA) is 71.5 Å². The molecule has 1 saturated heterocycles. The lowest BCUT2D eigenvalue weighted by Crippen LogP contribution is -2.40. The number of carbonyl (C=O) groups excluding carboxylic acids is 2. The number of rotatable bonds is 4. The van der Waals surface area contributed by atoms with E-state index in [1.807, 2.05) is 18.2 Å². The van der Waals surface area contributed by atoms with Gasteiger partial charge >= 0.3 is 5.97 Å². The number of fused-ring (bicyclic) bond motifs is 1. The van der Waals surface area contributed by atoms with Crippen LogP contribution in [-0.4, -0.2) is 37.1 Å². The minimum atomic E-state index is -0.462. The number of hydrogen-bond donors (Lipinski definition) is 1. The van der Waals surface area contributed by atoms with Crippen molar-refractivity contribution in [2.24, 2.45) is 5.92 Å². The third kappa shape index (κ3) is 3.71. The van der Waals surface area contributed by atoms with E-state index in [-0.39, 0.29) is 11.8 Å². The number of methoxy groups -OCH3 is 1. The van der Waals surface area contributed by atoms with Gasteiger partial charge in [-0.05, 0) is 37.1 Å². The van der Waals surface area contributed by atoms with Gasteiger partial charge in [0.2, 0.25) is 5.91 Å². The van der Waals surface area contributed by atoms with Crippen LogP contribution in [0.4, 0.5) is 10.8 Å². The molecule has 1 aliphatic rings. The maximum Gasteiger partial charge on any atom is 0.339 e. The van der Waals surface area contributed by atoms with E-state index < -0.39 is 5.97 Å². The van der Waals surface area contributed by atoms with Gasteiger partial charge in [0, 0.05) is 13.1 Å². The molecule has 1 N–H and O–H groups in total. The first kappa shape index (κ1) is 18.4. The summed E-state index contributed by atoms with van der Waals surface area (Å²) in [6, 6.07) is 15.0. The number of ether oxygens (including phenoxy) is 1. The second-order valence-corrected chi connectivity index (χ2v) is 7.78. The lowest BCUT2D eigenvalue weighted by atomic mass is 9.97. The van der Waals surface area contributed by atoms with Crippen LogP contribution in [0.3, 0.4) is 0 Å². The normalized spacial score (nSPS) is 16.8. The van der Waals surface area contributed by atoms with Crippen LogP contribution in [0.25, 0.3) is 10.2 Å². The van der Waals surface area contributed by atoms with Crippen molar-refractivity contribution in [1.82, 2.24) is 4.98 Å². The van der Waals surface area contributed by atoms with Crippen molar-refractivity contribution in [2.45, 2.75) is 12.8 Å². The number of anilines is 2. The van der Waals surface area contributed by atoms with Crippen molar-refractivity contribution in [2.75, 3.05) is 30.4 Å². The number of carbonyl (C=O) groups is 2. The zero-order valence-electron chi connectivity index (χ0n) is 15.6. The molecule has 3 aromatic rings. The summed E-state index contributed by atoms with van der Waals surface area (Å²) >= 11 is 1.65. The Morgan fingerprint density at radius 3 is 2.79 bits per heavy atom. The molecule has 1 fully saturated rings. The molecule has 0 bridgehead atoms. The fourth-order valence-corrected chi connectivity index (χ4v) is 4.48. The first-order chi connectivity index (χ1) is 13.7. The van der Waals surface area contributed by atoms with Crippen LogP contribution in [0.15, 0.2) is 48.5 Å². The molecule has 144 valence electrons. The van der Waals surface area contributed by atoms with Crippen LogP contribution in [0.1, 0.15) is 23.2 Å². The summed E-state index contributed by atoms with van der Waals surface area (Å²) in [4.78, 5) is 31.7. The fourth-order valence-electron chi connectivity index (χ4n) is 3.48. The van der Waals surface area contributed by atoms with E-state index in [1.165, 1.54) is 7.11 Å². The van der Waals surface area contributed by atoms with E-state index in [1.54, 1.807) is 35.6 Å². The molecule has 4 rings (SSSR count). The Bertz CT molecular complexity index is 984. The summed E-state index contributed by atoms with van der Waals surface area (Å²) in [5.41, 5.74) is 1.83. The molecule has 28 heavy (non-hydrogen) atoms. The van der Waals surface area contributed by atoms with Crippen molar-refractivity contribution >= 4 is 44.2 Å². The molecule has 7 heteroatoms. The molecule has 0 radical (unpaired) electrons. The minimum Gasteiger partial charge on any atom is -0.465 e. The number of aromatic nitrogens is 1. The molecule has 1 atom stereocenters. The summed E-state index contributed by atoms with van der Waals surface area (Å²) in [6.45, 7) is 1.51. The third-order valence-electron chi connectivity index (χ3n) is 4.94. The molecule has 0 saturated carbocycles. The highest BCUT2D eigenvalue weighted by Crippen LogP contribution is 2.31. The van der Waals surface area contributed by atoms with Crippen molar-refractivity contribution in [3.8, 4) is 0 Å². The quantitative estimate of drug-likeness (QED) is 0.678. The van der Waals surface area contributed by atoms with Crippen molar-refractivity contribution in [1.29, 1.82) is 0 Å². The van der Waals surface area contributed by atoms with Gasteiger partial charge in [-0.1, -0.05) is 35.6 Å². The standard InChI is InChI=1S/C21H21N3O3S/c1-27-20(26)15-8-2-3-9-16(15)22-19(25)14-7-6-12-24(13-14)21-23-17-10-4-5-11-18(17)28-21/h2-5,8-11,14H,6-7,12-13H2,1H3,(H,22,25). The maximum absolute atomic E-state index is 12.9. The SMILES string of the molecule is COC(=O)c1ccccc1NC(=O)C1CCCN(c2nc3ccccc3s2)C1. The van der Waals surface area contributed by atoms with Gasteiger partial charge in [0.15, 0.2) is 5.13 Å². The Balaban J connectivity index is 1.49. The van der Waals surface area contributed by atoms with Crippen LogP contribution in [0.5, 0.6) is 0 Å². The molecular formula is C21H21N3O3S. The molecule has 1 amide bonds. The number of amides is 1. The number of nitrogens with one attached hydrogen (secondary N) is 1. The van der Waals surface area contributed by atoms with Crippen molar-refractivity contribution in [3.63, 3.8) is 0 Å². The first-order valence-electron chi connectivity index (χ1n) is 9.24. The van der Waals surface area contributed by atoms with E-state index in [0.717, 1.165) is 34.7 Å². The smallest absolute Gasteiger partial charge is 0.339 e. The monoisotopic (exact) mass is 395 g/mol. The van der Waals surface area contributed by atoms with Gasteiger partial charge in [-0.15, -0.1) is 0 Å². The second-order valence-electron chi connectivity index (χ2n) is 6.78. The largest absolute Gasteiger partial charge is 0.465 e. The van der Waals surface area contributed by atoms with Gasteiger partial charge in [-0.3, -0.25) is 4.79 Å². The lowest BCUT2D eigenvalue weighted by Gasteiger charge is -2.31. The molecule has 1 aromatic heterocycles. The molecule has 0 spiro atoms. The molecule has 1 aliphatic heterocycles. The molecule has 1 unspecified atom stereocenters. The number of piperidine rings is 1. The van der Waals surface area contributed by atoms with E-state index in [0.29, 0.717) is 17.8 Å². The molecule has 0 aliphatic carbocycles. The van der Waals surface area contributed by atoms with Gasteiger partial charge in [0.1, 0.15) is 0 Å². The van der Waals surface area contributed by atoms with E-state index in [2.05, 4.69) is 16.3 Å². The highest BCUT2D eigenvalue weighted by atomic mass is 32.1. The molecular weight excluding hydrogens is 374 g/mol. The highest BCUT2D eigenvalue weighted by Gasteiger charge is 2.28. The number of nitrogens with zero attached hydrogens (tertiary/aromatic N) is 2. The van der Waals surface area contributed by atoms with Crippen LogP contribution >= 0.6 is 11.3 Å². The third-order valence-corrected chi connectivity index (χ3v) is 6.03. The predicted octanol–water partition coefficient (Wildman–Crippen LogP) is 3.94.